The minimum absolute atomic E-state index is 0.0681. The zero-order valence-corrected chi connectivity index (χ0v) is 8.65. The van der Waals surface area contributed by atoms with Crippen molar-refractivity contribution in [2.24, 2.45) is 0 Å². The van der Waals surface area contributed by atoms with Gasteiger partial charge in [-0.05, 0) is 17.7 Å². The highest BCUT2D eigenvalue weighted by molar-refractivity contribution is 5.79. The number of nitriles is 1. The van der Waals surface area contributed by atoms with E-state index in [1.54, 1.807) is 24.3 Å². The number of hydrogen-bond donors (Lipinski definition) is 0. The Morgan fingerprint density at radius 2 is 2.25 bits per heavy atom. The highest BCUT2D eigenvalue weighted by atomic mass is 19.3. The van der Waals surface area contributed by atoms with Crippen LogP contribution in [0.2, 0.25) is 0 Å². The number of nitrogens with zero attached hydrogens (tertiary/aromatic N) is 2. The normalized spacial score (nSPS) is 9.94. The number of carbonyl (C=O) groups excluding carboxylic acids is 1. The van der Waals surface area contributed by atoms with Crippen LogP contribution in [-0.2, 0) is 11.3 Å². The molecule has 0 N–H and O–H groups in total. The van der Waals surface area contributed by atoms with E-state index < -0.39 is 12.3 Å². The van der Waals surface area contributed by atoms with E-state index in [0.717, 1.165) is 4.90 Å². The monoisotopic (exact) mass is 224 g/mol. The van der Waals surface area contributed by atoms with Crippen molar-refractivity contribution >= 4 is 5.91 Å². The summed E-state index contributed by atoms with van der Waals surface area (Å²) in [5, 5.41) is 8.64. The Morgan fingerprint density at radius 3 is 2.81 bits per heavy atom. The predicted molar refractivity (Wildman–Crippen MR) is 53.6 cm³/mol. The summed E-state index contributed by atoms with van der Waals surface area (Å²) in [5.74, 6) is -1.22. The van der Waals surface area contributed by atoms with E-state index in [0.29, 0.717) is 11.1 Å². The Balaban J connectivity index is 2.74. The Morgan fingerprint density at radius 1 is 1.56 bits per heavy atom. The number of alkyl halides is 2. The highest BCUT2D eigenvalue weighted by Crippen LogP contribution is 2.08. The first-order valence-corrected chi connectivity index (χ1v) is 4.56. The molecule has 0 heterocycles. The van der Waals surface area contributed by atoms with Gasteiger partial charge in [-0.3, -0.25) is 4.79 Å². The van der Waals surface area contributed by atoms with Crippen molar-refractivity contribution < 1.29 is 13.6 Å². The Labute approximate surface area is 91.9 Å². The quantitative estimate of drug-likeness (QED) is 0.785. The van der Waals surface area contributed by atoms with E-state index >= 15 is 0 Å². The summed E-state index contributed by atoms with van der Waals surface area (Å²) in [4.78, 5) is 11.8. The molecule has 0 aliphatic heterocycles. The van der Waals surface area contributed by atoms with Crippen LogP contribution in [0.25, 0.3) is 0 Å². The second kappa shape index (κ2) is 5.21. The van der Waals surface area contributed by atoms with Crippen molar-refractivity contribution in [1.82, 2.24) is 4.90 Å². The lowest BCUT2D eigenvalue weighted by molar-refractivity contribution is -0.141. The average molecular weight is 224 g/mol. The third kappa shape index (κ3) is 3.02. The van der Waals surface area contributed by atoms with Crippen molar-refractivity contribution in [3.05, 3.63) is 35.4 Å². The van der Waals surface area contributed by atoms with Crippen LogP contribution in [0.1, 0.15) is 11.1 Å². The Hall–Kier alpha value is -1.96. The molecule has 84 valence electrons. The standard InChI is InChI=1S/C11H10F2N2O/c1-15(11(16)10(12)13)7-9-4-2-3-8(5-9)6-14/h2-5,10H,7H2,1H3. The lowest BCUT2D eigenvalue weighted by Gasteiger charge is -2.16. The maximum absolute atomic E-state index is 12.1. The first-order valence-electron chi connectivity index (χ1n) is 4.56. The van der Waals surface area contributed by atoms with Gasteiger partial charge in [-0.2, -0.15) is 14.0 Å². The predicted octanol–water partition coefficient (Wildman–Crippen LogP) is 1.78. The van der Waals surface area contributed by atoms with Crippen LogP contribution in [0.5, 0.6) is 0 Å². The van der Waals surface area contributed by atoms with Crippen molar-refractivity contribution in [1.29, 1.82) is 5.26 Å². The Kier molecular flexibility index (Phi) is 3.95. The van der Waals surface area contributed by atoms with E-state index in [2.05, 4.69) is 0 Å². The second-order valence-electron chi connectivity index (χ2n) is 3.31. The third-order valence-corrected chi connectivity index (χ3v) is 2.04. The largest absolute Gasteiger partial charge is 0.336 e. The fourth-order valence-corrected chi connectivity index (χ4v) is 1.26. The molecular weight excluding hydrogens is 214 g/mol. The maximum Gasteiger partial charge on any atom is 0.315 e. The van der Waals surface area contributed by atoms with Gasteiger partial charge in [0.25, 0.3) is 5.91 Å². The van der Waals surface area contributed by atoms with Crippen molar-refractivity contribution in [2.75, 3.05) is 7.05 Å². The topological polar surface area (TPSA) is 44.1 Å². The minimum Gasteiger partial charge on any atom is -0.336 e. The smallest absolute Gasteiger partial charge is 0.315 e. The van der Waals surface area contributed by atoms with E-state index in [9.17, 15) is 13.6 Å². The molecule has 0 radical (unpaired) electrons. The average Bonchev–Trinajstić information content (AvgIpc) is 2.28. The molecule has 1 amide bonds. The fourth-order valence-electron chi connectivity index (χ4n) is 1.26. The van der Waals surface area contributed by atoms with Crippen LogP contribution in [0.15, 0.2) is 24.3 Å². The van der Waals surface area contributed by atoms with Crippen LogP contribution in [0.3, 0.4) is 0 Å². The van der Waals surface area contributed by atoms with Crippen molar-refractivity contribution in [3.63, 3.8) is 0 Å². The molecule has 0 aliphatic rings. The van der Waals surface area contributed by atoms with Gasteiger partial charge in [-0.25, -0.2) is 0 Å². The molecule has 0 bridgehead atoms. The number of rotatable bonds is 3. The van der Waals surface area contributed by atoms with Gasteiger partial charge in [0, 0.05) is 13.6 Å². The summed E-state index contributed by atoms with van der Waals surface area (Å²) >= 11 is 0. The van der Waals surface area contributed by atoms with Crippen LogP contribution in [0, 0.1) is 11.3 Å². The lowest BCUT2D eigenvalue weighted by atomic mass is 10.1. The lowest BCUT2D eigenvalue weighted by Crippen LogP contribution is -2.31. The first kappa shape index (κ1) is 12.1. The molecule has 1 aromatic carbocycles. The van der Waals surface area contributed by atoms with E-state index in [-0.39, 0.29) is 6.54 Å². The number of hydrogen-bond acceptors (Lipinski definition) is 2. The molecule has 0 saturated heterocycles. The minimum atomic E-state index is -3.00. The summed E-state index contributed by atoms with van der Waals surface area (Å²) in [6.45, 7) is 0.0681. The summed E-state index contributed by atoms with van der Waals surface area (Å²) in [5.41, 5.74) is 1.09. The van der Waals surface area contributed by atoms with E-state index in [1.165, 1.54) is 7.05 Å². The summed E-state index contributed by atoms with van der Waals surface area (Å²) in [6.07, 6.45) is -3.00. The Bertz CT molecular complexity index is 426. The molecule has 5 heteroatoms. The van der Waals surface area contributed by atoms with Crippen molar-refractivity contribution in [3.8, 4) is 6.07 Å². The van der Waals surface area contributed by atoms with Crippen LogP contribution in [0.4, 0.5) is 8.78 Å². The van der Waals surface area contributed by atoms with E-state index in [1.807, 2.05) is 6.07 Å². The third-order valence-electron chi connectivity index (χ3n) is 2.04. The van der Waals surface area contributed by atoms with E-state index in [4.69, 9.17) is 5.26 Å². The number of halogens is 2. The summed E-state index contributed by atoms with van der Waals surface area (Å²) in [6, 6.07) is 8.44. The van der Waals surface area contributed by atoms with Gasteiger partial charge in [-0.1, -0.05) is 12.1 Å². The van der Waals surface area contributed by atoms with Crippen LogP contribution >= 0.6 is 0 Å². The zero-order chi connectivity index (χ0) is 12.1. The van der Waals surface area contributed by atoms with Gasteiger partial charge in [0.15, 0.2) is 0 Å². The fraction of sp³-hybridized carbons (Fsp3) is 0.273. The molecule has 0 spiro atoms. The maximum atomic E-state index is 12.1. The molecule has 16 heavy (non-hydrogen) atoms. The van der Waals surface area contributed by atoms with Gasteiger partial charge >= 0.3 is 6.43 Å². The van der Waals surface area contributed by atoms with Crippen molar-refractivity contribution in [2.45, 2.75) is 13.0 Å². The summed E-state index contributed by atoms with van der Waals surface area (Å²) < 4.78 is 24.2. The SMILES string of the molecule is CN(Cc1cccc(C#N)c1)C(=O)C(F)F. The molecule has 0 atom stereocenters. The molecule has 3 nitrogen and oxygen atoms in total. The second-order valence-corrected chi connectivity index (χ2v) is 3.31. The van der Waals surface area contributed by atoms with Gasteiger partial charge < -0.3 is 4.90 Å². The molecule has 1 aromatic rings. The first-order chi connectivity index (χ1) is 7.54. The molecule has 1 rings (SSSR count). The molecule has 0 aromatic heterocycles. The van der Waals surface area contributed by atoms with Crippen LogP contribution < -0.4 is 0 Å². The molecular formula is C11H10F2N2O. The molecule has 0 unspecified atom stereocenters. The summed E-state index contributed by atoms with van der Waals surface area (Å²) in [7, 11) is 1.30. The van der Waals surface area contributed by atoms with Gasteiger partial charge in [0.05, 0.1) is 11.6 Å². The molecule has 0 saturated carbocycles. The van der Waals surface area contributed by atoms with Gasteiger partial charge in [-0.15, -0.1) is 0 Å². The van der Waals surface area contributed by atoms with Crippen LogP contribution in [-0.4, -0.2) is 24.3 Å². The number of carbonyl (C=O) groups is 1. The van der Waals surface area contributed by atoms with Gasteiger partial charge in [0.2, 0.25) is 0 Å². The molecule has 0 aliphatic carbocycles. The highest BCUT2D eigenvalue weighted by Gasteiger charge is 2.19. The van der Waals surface area contributed by atoms with Gasteiger partial charge in [0.1, 0.15) is 0 Å². The number of benzene rings is 1. The zero-order valence-electron chi connectivity index (χ0n) is 8.65. The molecule has 0 fully saturated rings. The number of amides is 1.